The van der Waals surface area contributed by atoms with Crippen molar-refractivity contribution >= 4 is 0 Å². The smallest absolute Gasteiger partial charge is 0.0821 e. The summed E-state index contributed by atoms with van der Waals surface area (Å²) in [6.07, 6.45) is -0.602. The normalized spacial score (nSPS) is 16.8. The van der Waals surface area contributed by atoms with E-state index in [1.165, 1.54) is 0 Å². The molecule has 10 heavy (non-hydrogen) atoms. The molecule has 0 aromatic carbocycles. The van der Waals surface area contributed by atoms with Crippen LogP contribution >= 0.6 is 0 Å². The van der Waals surface area contributed by atoms with Gasteiger partial charge in [0.25, 0.3) is 0 Å². The third kappa shape index (κ3) is 3.12. The molecule has 0 bridgehead atoms. The zero-order chi connectivity index (χ0) is 7.98. The summed E-state index contributed by atoms with van der Waals surface area (Å²) in [5.41, 5.74) is 0. The molecule has 4 heteroatoms. The molecule has 2 atom stereocenters. The summed E-state index contributed by atoms with van der Waals surface area (Å²) in [6, 6.07) is 0. The molecule has 4 N–H and O–H groups in total. The van der Waals surface area contributed by atoms with E-state index in [1.54, 1.807) is 0 Å². The van der Waals surface area contributed by atoms with Gasteiger partial charge in [0.15, 0.2) is 0 Å². The zero-order valence-electron chi connectivity index (χ0n) is 5.77. The standard InChI is InChI=1S/C6H14O4/c7-2-1-5(3-8)6(10)4-9/h5-10H,1-4H2/t5-,6+/m0/s1. The Kier molecular flexibility index (Phi) is 5.52. The Morgan fingerprint density at radius 1 is 1.00 bits per heavy atom. The molecule has 0 radical (unpaired) electrons. The molecule has 0 rings (SSSR count). The minimum absolute atomic E-state index is 0.0811. The molecule has 4 nitrogen and oxygen atoms in total. The second-order valence-electron chi connectivity index (χ2n) is 2.20. The molecule has 0 aliphatic rings. The molecule has 0 aromatic heterocycles. The summed E-state index contributed by atoms with van der Waals surface area (Å²) >= 11 is 0. The van der Waals surface area contributed by atoms with Gasteiger partial charge in [-0.15, -0.1) is 0 Å². The Labute approximate surface area is 59.7 Å². The number of aliphatic hydroxyl groups excluding tert-OH is 4. The topological polar surface area (TPSA) is 80.9 Å². The Morgan fingerprint density at radius 2 is 1.60 bits per heavy atom. The van der Waals surface area contributed by atoms with E-state index in [4.69, 9.17) is 20.4 Å². The Balaban J connectivity index is 3.56. The molecule has 0 spiro atoms. The van der Waals surface area contributed by atoms with Crippen molar-refractivity contribution in [3.05, 3.63) is 0 Å². The molecule has 62 valence electrons. The largest absolute Gasteiger partial charge is 0.396 e. The summed E-state index contributed by atoms with van der Waals surface area (Å²) in [6.45, 7) is -0.657. The lowest BCUT2D eigenvalue weighted by molar-refractivity contribution is 0.0126. The maximum atomic E-state index is 8.93. The number of aliphatic hydroxyl groups is 4. The highest BCUT2D eigenvalue weighted by atomic mass is 16.3. The molecule has 0 amide bonds. The molecule has 0 aliphatic carbocycles. The molecule has 0 fully saturated rings. The number of hydrogen-bond donors (Lipinski definition) is 4. The van der Waals surface area contributed by atoms with Crippen LogP contribution < -0.4 is 0 Å². The minimum atomic E-state index is -0.919. The second-order valence-corrected chi connectivity index (χ2v) is 2.20. The van der Waals surface area contributed by atoms with Crippen molar-refractivity contribution in [3.63, 3.8) is 0 Å². The van der Waals surface area contributed by atoms with Crippen LogP contribution in [-0.2, 0) is 0 Å². The zero-order valence-corrected chi connectivity index (χ0v) is 5.77. The first-order valence-corrected chi connectivity index (χ1v) is 3.26. The molecule has 0 saturated heterocycles. The Morgan fingerprint density at radius 3 is 1.90 bits per heavy atom. The van der Waals surface area contributed by atoms with Gasteiger partial charge in [-0.05, 0) is 6.42 Å². The Bertz CT molecular complexity index is 76.1. The quantitative estimate of drug-likeness (QED) is 0.378. The van der Waals surface area contributed by atoms with Crippen molar-refractivity contribution in [2.24, 2.45) is 5.92 Å². The summed E-state index contributed by atoms with van der Waals surface area (Å²) in [5.74, 6) is -0.407. The fourth-order valence-corrected chi connectivity index (χ4v) is 0.720. The van der Waals surface area contributed by atoms with Gasteiger partial charge in [0.2, 0.25) is 0 Å². The average Bonchev–Trinajstić information content (AvgIpc) is 1.99. The highest BCUT2D eigenvalue weighted by Gasteiger charge is 2.15. The first-order chi connectivity index (χ1) is 4.76. The summed E-state index contributed by atoms with van der Waals surface area (Å²) < 4.78 is 0. The minimum Gasteiger partial charge on any atom is -0.396 e. The molecule has 0 heterocycles. The predicted octanol–water partition coefficient (Wildman–Crippen LogP) is -1.67. The molecule has 0 aromatic rings. The van der Waals surface area contributed by atoms with E-state index < -0.39 is 12.0 Å². The summed E-state index contributed by atoms with van der Waals surface area (Å²) in [7, 11) is 0. The van der Waals surface area contributed by atoms with Crippen LogP contribution in [0.3, 0.4) is 0 Å². The van der Waals surface area contributed by atoms with Crippen molar-refractivity contribution in [1.82, 2.24) is 0 Å². The van der Waals surface area contributed by atoms with Gasteiger partial charge in [0.05, 0.1) is 12.7 Å². The second kappa shape index (κ2) is 5.61. The van der Waals surface area contributed by atoms with Crippen molar-refractivity contribution in [2.45, 2.75) is 12.5 Å². The Hall–Kier alpha value is -0.160. The SMILES string of the molecule is OCC[C@@H](CO)[C@H](O)CO. The average molecular weight is 150 g/mol. The van der Waals surface area contributed by atoms with E-state index in [-0.39, 0.29) is 19.8 Å². The highest BCUT2D eigenvalue weighted by molar-refractivity contribution is 4.65. The lowest BCUT2D eigenvalue weighted by atomic mass is 10.0. The van der Waals surface area contributed by atoms with Crippen molar-refractivity contribution in [2.75, 3.05) is 19.8 Å². The first-order valence-electron chi connectivity index (χ1n) is 3.26. The molecule has 0 aliphatic heterocycles. The lowest BCUT2D eigenvalue weighted by Crippen LogP contribution is -2.27. The van der Waals surface area contributed by atoms with Crippen LogP contribution in [0.15, 0.2) is 0 Å². The van der Waals surface area contributed by atoms with Crippen LogP contribution in [0.1, 0.15) is 6.42 Å². The number of hydrogen-bond acceptors (Lipinski definition) is 4. The van der Waals surface area contributed by atoms with Gasteiger partial charge in [-0.3, -0.25) is 0 Å². The third-order valence-electron chi connectivity index (χ3n) is 1.47. The van der Waals surface area contributed by atoms with Crippen LogP contribution in [0.5, 0.6) is 0 Å². The van der Waals surface area contributed by atoms with Gasteiger partial charge in [0.1, 0.15) is 0 Å². The van der Waals surface area contributed by atoms with E-state index >= 15 is 0 Å². The van der Waals surface area contributed by atoms with E-state index in [0.717, 1.165) is 0 Å². The van der Waals surface area contributed by atoms with Crippen LogP contribution in [-0.4, -0.2) is 46.4 Å². The monoisotopic (exact) mass is 150 g/mol. The van der Waals surface area contributed by atoms with E-state index in [1.807, 2.05) is 0 Å². The lowest BCUT2D eigenvalue weighted by Gasteiger charge is -2.16. The van der Waals surface area contributed by atoms with E-state index in [0.29, 0.717) is 6.42 Å². The maximum absolute atomic E-state index is 8.93. The van der Waals surface area contributed by atoms with Crippen LogP contribution in [0.25, 0.3) is 0 Å². The van der Waals surface area contributed by atoms with E-state index in [9.17, 15) is 0 Å². The van der Waals surface area contributed by atoms with Crippen LogP contribution in [0.2, 0.25) is 0 Å². The maximum Gasteiger partial charge on any atom is 0.0821 e. The van der Waals surface area contributed by atoms with Gasteiger partial charge >= 0.3 is 0 Å². The van der Waals surface area contributed by atoms with Gasteiger partial charge < -0.3 is 20.4 Å². The summed E-state index contributed by atoms with van der Waals surface area (Å²) in [5, 5.41) is 34.3. The number of rotatable bonds is 5. The molecular weight excluding hydrogens is 136 g/mol. The van der Waals surface area contributed by atoms with E-state index in [2.05, 4.69) is 0 Å². The fourth-order valence-electron chi connectivity index (χ4n) is 0.720. The molecule has 0 unspecified atom stereocenters. The van der Waals surface area contributed by atoms with Crippen molar-refractivity contribution < 1.29 is 20.4 Å². The van der Waals surface area contributed by atoms with Gasteiger partial charge in [-0.25, -0.2) is 0 Å². The van der Waals surface area contributed by atoms with Crippen LogP contribution in [0.4, 0.5) is 0 Å². The fraction of sp³-hybridized carbons (Fsp3) is 1.00. The van der Waals surface area contributed by atoms with Gasteiger partial charge in [-0.2, -0.15) is 0 Å². The van der Waals surface area contributed by atoms with Gasteiger partial charge in [-0.1, -0.05) is 0 Å². The van der Waals surface area contributed by atoms with Gasteiger partial charge in [0, 0.05) is 19.1 Å². The van der Waals surface area contributed by atoms with Crippen molar-refractivity contribution in [1.29, 1.82) is 0 Å². The third-order valence-corrected chi connectivity index (χ3v) is 1.47. The molecular formula is C6H14O4. The highest BCUT2D eigenvalue weighted by Crippen LogP contribution is 2.06. The van der Waals surface area contributed by atoms with Crippen LogP contribution in [0, 0.1) is 5.92 Å². The summed E-state index contributed by atoms with van der Waals surface area (Å²) in [4.78, 5) is 0. The first kappa shape index (κ1) is 9.84. The molecule has 0 saturated carbocycles. The predicted molar refractivity (Wildman–Crippen MR) is 35.4 cm³/mol. The van der Waals surface area contributed by atoms with Crippen molar-refractivity contribution in [3.8, 4) is 0 Å².